The standard InChI is InChI=1S/C19H24N6OS/c1-14-12-20-18-11-17(21-13-25(14)18)23-7-9-24(10-8-23)19(26)22-15-3-5-16(27-2)6-4-15/h3-6,11,13-14H,7-10,12H2,1-2H3,(H,22,26)/t14-/m0/s1. The fourth-order valence-electron chi connectivity index (χ4n) is 3.38. The summed E-state index contributed by atoms with van der Waals surface area (Å²) in [7, 11) is 0. The first-order valence-corrected chi connectivity index (χ1v) is 10.4. The Morgan fingerprint density at radius 2 is 1.93 bits per heavy atom. The smallest absolute Gasteiger partial charge is 0.321 e. The Bertz CT molecular complexity index is 795. The molecule has 3 heterocycles. The van der Waals surface area contributed by atoms with Gasteiger partial charge in [0.15, 0.2) is 0 Å². The van der Waals surface area contributed by atoms with E-state index in [9.17, 15) is 4.79 Å². The Hall–Kier alpha value is -2.48. The SMILES string of the molecule is CSc1ccc(NC(=O)N2CCN(C3=CC4=NC[C@H](C)N4C=N3)CC2)cc1. The van der Waals surface area contributed by atoms with Crippen molar-refractivity contribution >= 4 is 35.7 Å². The first-order valence-electron chi connectivity index (χ1n) is 9.17. The van der Waals surface area contributed by atoms with Crippen molar-refractivity contribution in [3.63, 3.8) is 0 Å². The summed E-state index contributed by atoms with van der Waals surface area (Å²) in [5, 5.41) is 2.98. The van der Waals surface area contributed by atoms with Crippen LogP contribution in [0.5, 0.6) is 0 Å². The van der Waals surface area contributed by atoms with Crippen molar-refractivity contribution in [3.8, 4) is 0 Å². The lowest BCUT2D eigenvalue weighted by Gasteiger charge is -2.37. The van der Waals surface area contributed by atoms with Gasteiger partial charge in [-0.2, -0.15) is 0 Å². The van der Waals surface area contributed by atoms with Crippen molar-refractivity contribution in [2.24, 2.45) is 9.98 Å². The molecule has 0 spiro atoms. The van der Waals surface area contributed by atoms with Crippen LogP contribution in [-0.4, -0.2) is 77.9 Å². The Labute approximate surface area is 163 Å². The third-order valence-corrected chi connectivity index (χ3v) is 5.81. The van der Waals surface area contributed by atoms with E-state index < -0.39 is 0 Å². The molecule has 1 aromatic carbocycles. The Balaban J connectivity index is 1.31. The van der Waals surface area contributed by atoms with Gasteiger partial charge in [-0.05, 0) is 37.4 Å². The van der Waals surface area contributed by atoms with E-state index in [2.05, 4.69) is 32.0 Å². The van der Waals surface area contributed by atoms with E-state index in [1.165, 1.54) is 4.90 Å². The van der Waals surface area contributed by atoms with Crippen LogP contribution in [-0.2, 0) is 0 Å². The van der Waals surface area contributed by atoms with Crippen molar-refractivity contribution in [3.05, 3.63) is 36.2 Å². The number of hydrogen-bond donors (Lipinski definition) is 1. The van der Waals surface area contributed by atoms with Gasteiger partial charge in [0, 0.05) is 42.8 Å². The fourth-order valence-corrected chi connectivity index (χ4v) is 3.78. The molecule has 7 nitrogen and oxygen atoms in total. The Kier molecular flexibility index (Phi) is 5.07. The molecule has 0 radical (unpaired) electrons. The number of benzene rings is 1. The van der Waals surface area contributed by atoms with Gasteiger partial charge in [0.05, 0.1) is 18.9 Å². The average Bonchev–Trinajstić information content (AvgIpc) is 3.09. The summed E-state index contributed by atoms with van der Waals surface area (Å²) in [6, 6.07) is 8.25. The van der Waals surface area contributed by atoms with Crippen LogP contribution in [0, 0.1) is 0 Å². The first kappa shape index (κ1) is 17.9. The monoisotopic (exact) mass is 384 g/mol. The van der Waals surface area contributed by atoms with Crippen molar-refractivity contribution in [1.29, 1.82) is 0 Å². The minimum Gasteiger partial charge on any atom is -0.353 e. The number of nitrogens with one attached hydrogen (secondary N) is 1. The Morgan fingerprint density at radius 1 is 1.19 bits per heavy atom. The molecule has 2 amide bonds. The van der Waals surface area contributed by atoms with Gasteiger partial charge < -0.3 is 20.0 Å². The van der Waals surface area contributed by atoms with E-state index in [1.807, 2.05) is 47.8 Å². The number of thioether (sulfide) groups is 1. The third kappa shape index (κ3) is 3.80. The van der Waals surface area contributed by atoms with E-state index in [0.29, 0.717) is 19.1 Å². The lowest BCUT2D eigenvalue weighted by molar-refractivity contribution is 0.166. The highest BCUT2D eigenvalue weighted by molar-refractivity contribution is 7.98. The number of fused-ring (bicyclic) bond motifs is 1. The maximum atomic E-state index is 12.5. The molecule has 27 heavy (non-hydrogen) atoms. The fraction of sp³-hybridized carbons (Fsp3) is 0.421. The second kappa shape index (κ2) is 7.64. The molecule has 0 bridgehead atoms. The van der Waals surface area contributed by atoms with Crippen LogP contribution in [0.15, 0.2) is 51.0 Å². The number of rotatable bonds is 3. The van der Waals surface area contributed by atoms with Gasteiger partial charge in [-0.25, -0.2) is 9.79 Å². The van der Waals surface area contributed by atoms with Gasteiger partial charge in [0.1, 0.15) is 11.7 Å². The number of carbonyl (C=O) groups excluding carboxylic acids is 1. The van der Waals surface area contributed by atoms with E-state index in [0.717, 1.165) is 37.0 Å². The van der Waals surface area contributed by atoms with E-state index >= 15 is 0 Å². The second-order valence-electron chi connectivity index (χ2n) is 6.84. The van der Waals surface area contributed by atoms with Crippen LogP contribution in [0.3, 0.4) is 0 Å². The summed E-state index contributed by atoms with van der Waals surface area (Å²) >= 11 is 1.69. The van der Waals surface area contributed by atoms with Crippen LogP contribution in [0.1, 0.15) is 6.92 Å². The van der Waals surface area contributed by atoms with Crippen molar-refractivity contribution in [1.82, 2.24) is 14.7 Å². The molecule has 3 aliphatic rings. The molecule has 142 valence electrons. The number of anilines is 1. The molecule has 1 aromatic rings. The molecule has 0 aliphatic carbocycles. The highest BCUT2D eigenvalue weighted by Crippen LogP contribution is 2.20. The van der Waals surface area contributed by atoms with Crippen molar-refractivity contribution in [2.45, 2.75) is 17.9 Å². The number of amides is 2. The lowest BCUT2D eigenvalue weighted by atomic mass is 10.3. The predicted molar refractivity (Wildman–Crippen MR) is 111 cm³/mol. The largest absolute Gasteiger partial charge is 0.353 e. The highest BCUT2D eigenvalue weighted by Gasteiger charge is 2.28. The minimum absolute atomic E-state index is 0.0483. The summed E-state index contributed by atoms with van der Waals surface area (Å²) in [6.45, 7) is 5.85. The van der Waals surface area contributed by atoms with Crippen molar-refractivity contribution < 1.29 is 4.79 Å². The maximum Gasteiger partial charge on any atom is 0.321 e. The zero-order valence-corrected chi connectivity index (χ0v) is 16.4. The van der Waals surface area contributed by atoms with Gasteiger partial charge in [-0.3, -0.25) is 4.99 Å². The molecule has 0 saturated carbocycles. The molecule has 1 fully saturated rings. The third-order valence-electron chi connectivity index (χ3n) is 5.06. The van der Waals surface area contributed by atoms with Gasteiger partial charge >= 0.3 is 6.03 Å². The normalized spacial score (nSPS) is 21.7. The van der Waals surface area contributed by atoms with E-state index in [1.54, 1.807) is 11.8 Å². The van der Waals surface area contributed by atoms with E-state index in [-0.39, 0.29) is 6.03 Å². The number of nitrogens with zero attached hydrogens (tertiary/aromatic N) is 5. The van der Waals surface area contributed by atoms with Crippen LogP contribution < -0.4 is 5.32 Å². The van der Waals surface area contributed by atoms with Crippen LogP contribution >= 0.6 is 11.8 Å². The molecular formula is C19H24N6OS. The van der Waals surface area contributed by atoms with Crippen LogP contribution in [0.4, 0.5) is 10.5 Å². The summed E-state index contributed by atoms with van der Waals surface area (Å²) in [5.41, 5.74) is 0.827. The number of carbonyl (C=O) groups is 1. The number of urea groups is 1. The predicted octanol–water partition coefficient (Wildman–Crippen LogP) is 2.54. The average molecular weight is 385 g/mol. The van der Waals surface area contributed by atoms with Gasteiger partial charge in [-0.15, -0.1) is 11.8 Å². The van der Waals surface area contributed by atoms with E-state index in [4.69, 9.17) is 0 Å². The lowest BCUT2D eigenvalue weighted by Crippen LogP contribution is -2.50. The zero-order valence-electron chi connectivity index (χ0n) is 15.6. The summed E-state index contributed by atoms with van der Waals surface area (Å²) in [4.78, 5) is 29.0. The molecule has 8 heteroatoms. The molecule has 0 unspecified atom stereocenters. The molecule has 1 saturated heterocycles. The Morgan fingerprint density at radius 3 is 2.63 bits per heavy atom. The van der Waals surface area contributed by atoms with Gasteiger partial charge in [-0.1, -0.05) is 0 Å². The van der Waals surface area contributed by atoms with Gasteiger partial charge in [0.25, 0.3) is 0 Å². The molecule has 3 aliphatic heterocycles. The minimum atomic E-state index is -0.0483. The van der Waals surface area contributed by atoms with Crippen molar-refractivity contribution in [2.75, 3.05) is 44.3 Å². The molecule has 1 atom stereocenters. The molecule has 1 N–H and O–H groups in total. The van der Waals surface area contributed by atoms with Crippen LogP contribution in [0.25, 0.3) is 0 Å². The number of amidine groups is 1. The maximum absolute atomic E-state index is 12.5. The summed E-state index contributed by atoms with van der Waals surface area (Å²) in [5.74, 6) is 1.92. The van der Waals surface area contributed by atoms with Gasteiger partial charge in [0.2, 0.25) is 0 Å². The summed E-state index contributed by atoms with van der Waals surface area (Å²) in [6.07, 6.45) is 5.96. The summed E-state index contributed by atoms with van der Waals surface area (Å²) < 4.78 is 0. The molecule has 0 aromatic heterocycles. The quantitative estimate of drug-likeness (QED) is 0.814. The highest BCUT2D eigenvalue weighted by atomic mass is 32.2. The molecule has 4 rings (SSSR count). The number of piperazine rings is 1. The number of aliphatic imine (C=N–C) groups is 2. The second-order valence-corrected chi connectivity index (χ2v) is 7.71. The molecular weight excluding hydrogens is 360 g/mol. The zero-order chi connectivity index (χ0) is 18.8. The topological polar surface area (TPSA) is 63.5 Å². The first-order chi connectivity index (χ1) is 13.1. The number of hydrogen-bond acceptors (Lipinski definition) is 6. The van der Waals surface area contributed by atoms with Crippen LogP contribution in [0.2, 0.25) is 0 Å².